The van der Waals surface area contributed by atoms with Crippen molar-refractivity contribution < 1.29 is 17.9 Å². The van der Waals surface area contributed by atoms with Gasteiger partial charge in [-0.1, -0.05) is 13.0 Å². The maximum Gasteiger partial charge on any atom is 0.416 e. The van der Waals surface area contributed by atoms with E-state index in [0.717, 1.165) is 30.7 Å². The van der Waals surface area contributed by atoms with Crippen molar-refractivity contribution in [1.82, 2.24) is 5.32 Å². The Balaban J connectivity index is 1.96. The summed E-state index contributed by atoms with van der Waals surface area (Å²) in [5, 5.41) is 3.40. The Morgan fingerprint density at radius 2 is 2.11 bits per heavy atom. The number of alkyl halides is 3. The van der Waals surface area contributed by atoms with Gasteiger partial charge in [-0.05, 0) is 31.0 Å². The summed E-state index contributed by atoms with van der Waals surface area (Å²) in [5.41, 5.74) is 0.212. The predicted octanol–water partition coefficient (Wildman–Crippen LogP) is 3.38. The highest BCUT2D eigenvalue weighted by Crippen LogP contribution is 2.43. The Hall–Kier alpha value is -1.23. The molecule has 1 fully saturated rings. The fourth-order valence-electron chi connectivity index (χ4n) is 3.04. The molecule has 0 aromatic heterocycles. The summed E-state index contributed by atoms with van der Waals surface area (Å²) in [7, 11) is 0. The van der Waals surface area contributed by atoms with Crippen LogP contribution in [0.3, 0.4) is 0 Å². The van der Waals surface area contributed by atoms with Gasteiger partial charge in [0, 0.05) is 17.5 Å². The molecule has 5 heteroatoms. The second kappa shape index (κ2) is 4.40. The number of fused-ring (bicyclic) bond motifs is 3. The van der Waals surface area contributed by atoms with Crippen molar-refractivity contribution in [1.29, 1.82) is 0 Å². The fraction of sp³-hybridized carbons (Fsp3) is 0.571. The number of nitrogens with one attached hydrogen (secondary N) is 1. The van der Waals surface area contributed by atoms with Crippen LogP contribution in [0.15, 0.2) is 18.2 Å². The molecule has 0 spiro atoms. The minimum Gasteiger partial charge on any atom is -0.493 e. The summed E-state index contributed by atoms with van der Waals surface area (Å²) in [6.45, 7) is 3.58. The van der Waals surface area contributed by atoms with Crippen LogP contribution in [0.4, 0.5) is 13.2 Å². The molecule has 1 N–H and O–H groups in total. The summed E-state index contributed by atoms with van der Waals surface area (Å²) in [4.78, 5) is 0. The highest BCUT2D eigenvalue weighted by atomic mass is 19.4. The van der Waals surface area contributed by atoms with E-state index in [-0.39, 0.29) is 6.04 Å². The number of piperidine rings is 1. The summed E-state index contributed by atoms with van der Waals surface area (Å²) in [6.07, 6.45) is -3.23. The molecule has 3 atom stereocenters. The number of hydrogen-bond donors (Lipinski definition) is 1. The van der Waals surface area contributed by atoms with Crippen LogP contribution in [0, 0.1) is 11.8 Å². The predicted molar refractivity (Wildman–Crippen MR) is 65.0 cm³/mol. The first-order valence-electron chi connectivity index (χ1n) is 6.54. The monoisotopic (exact) mass is 271 g/mol. The van der Waals surface area contributed by atoms with E-state index in [0.29, 0.717) is 24.2 Å². The molecule has 0 saturated carbocycles. The number of hydrogen-bond acceptors (Lipinski definition) is 2. The maximum atomic E-state index is 12.7. The number of ether oxygens (including phenoxy) is 1. The van der Waals surface area contributed by atoms with Gasteiger partial charge in [0.25, 0.3) is 0 Å². The molecular formula is C14H16F3NO. The zero-order valence-electron chi connectivity index (χ0n) is 10.6. The lowest BCUT2D eigenvalue weighted by atomic mass is 9.78. The van der Waals surface area contributed by atoms with Crippen LogP contribution in [-0.2, 0) is 6.18 Å². The molecule has 0 aliphatic carbocycles. The molecule has 0 bridgehead atoms. The van der Waals surface area contributed by atoms with E-state index in [1.165, 1.54) is 0 Å². The zero-order chi connectivity index (χ0) is 13.6. The molecular weight excluding hydrogens is 255 g/mol. The third kappa shape index (κ3) is 2.20. The highest BCUT2D eigenvalue weighted by Gasteiger charge is 2.38. The first-order valence-corrected chi connectivity index (χ1v) is 6.54. The highest BCUT2D eigenvalue weighted by molar-refractivity contribution is 5.42. The van der Waals surface area contributed by atoms with Crippen molar-refractivity contribution in [2.75, 3.05) is 13.2 Å². The molecule has 1 aromatic rings. The Kier molecular flexibility index (Phi) is 2.96. The van der Waals surface area contributed by atoms with E-state index >= 15 is 0 Å². The molecule has 1 aromatic carbocycles. The Bertz CT molecular complexity index is 486. The number of benzene rings is 1. The third-order valence-corrected chi connectivity index (χ3v) is 4.23. The maximum absolute atomic E-state index is 12.7. The average molecular weight is 271 g/mol. The quantitative estimate of drug-likeness (QED) is 0.781. The summed E-state index contributed by atoms with van der Waals surface area (Å²) in [5.74, 6) is 1.25. The van der Waals surface area contributed by atoms with Gasteiger partial charge in [0.1, 0.15) is 5.75 Å². The van der Waals surface area contributed by atoms with E-state index in [4.69, 9.17) is 4.74 Å². The van der Waals surface area contributed by atoms with Gasteiger partial charge in [0.2, 0.25) is 0 Å². The van der Waals surface area contributed by atoms with Crippen molar-refractivity contribution in [3.63, 3.8) is 0 Å². The van der Waals surface area contributed by atoms with Gasteiger partial charge >= 0.3 is 6.18 Å². The lowest BCUT2D eigenvalue weighted by Crippen LogP contribution is -2.44. The van der Waals surface area contributed by atoms with Crippen LogP contribution in [0.2, 0.25) is 0 Å². The van der Waals surface area contributed by atoms with Crippen molar-refractivity contribution in [2.45, 2.75) is 25.6 Å². The van der Waals surface area contributed by atoms with E-state index in [1.807, 2.05) is 0 Å². The van der Waals surface area contributed by atoms with E-state index in [2.05, 4.69) is 12.2 Å². The van der Waals surface area contributed by atoms with Crippen LogP contribution in [-0.4, -0.2) is 13.2 Å². The molecule has 1 saturated heterocycles. The molecule has 2 nitrogen and oxygen atoms in total. The van der Waals surface area contributed by atoms with Gasteiger partial charge in [0.15, 0.2) is 0 Å². The van der Waals surface area contributed by atoms with Crippen molar-refractivity contribution in [2.24, 2.45) is 11.8 Å². The van der Waals surface area contributed by atoms with Gasteiger partial charge in [-0.2, -0.15) is 13.2 Å². The minimum atomic E-state index is -4.32. The van der Waals surface area contributed by atoms with Crippen LogP contribution < -0.4 is 10.1 Å². The topological polar surface area (TPSA) is 21.3 Å². The van der Waals surface area contributed by atoms with Gasteiger partial charge in [-0.3, -0.25) is 0 Å². The van der Waals surface area contributed by atoms with Crippen LogP contribution in [0.25, 0.3) is 0 Å². The third-order valence-electron chi connectivity index (χ3n) is 4.23. The summed E-state index contributed by atoms with van der Waals surface area (Å²) in [6, 6.07) is 3.94. The van der Waals surface area contributed by atoms with Gasteiger partial charge in [-0.15, -0.1) is 0 Å². The standard InChI is InChI=1S/C14H16F3NO/c1-8-4-5-18-13-10-3-2-9(14(15,16)17)6-12(10)19-7-11(8)13/h2-3,6,8,11,13,18H,4-5,7H2,1H3/t8-,11-,13-/m1/s1. The smallest absolute Gasteiger partial charge is 0.416 e. The largest absolute Gasteiger partial charge is 0.493 e. The van der Waals surface area contributed by atoms with Crippen molar-refractivity contribution in [3.05, 3.63) is 29.3 Å². The molecule has 0 unspecified atom stereocenters. The average Bonchev–Trinajstić information content (AvgIpc) is 2.37. The molecule has 19 heavy (non-hydrogen) atoms. The van der Waals surface area contributed by atoms with Crippen LogP contribution in [0.5, 0.6) is 5.75 Å². The second-order valence-electron chi connectivity index (χ2n) is 5.42. The van der Waals surface area contributed by atoms with Crippen LogP contribution >= 0.6 is 0 Å². The SMILES string of the molecule is C[C@@H]1CCN[C@@H]2c3ccc(C(F)(F)F)cc3OC[C@H]12. The Labute approximate surface area is 109 Å². The first kappa shape index (κ1) is 12.8. The number of halogens is 3. The lowest BCUT2D eigenvalue weighted by Gasteiger charge is -2.41. The lowest BCUT2D eigenvalue weighted by molar-refractivity contribution is -0.137. The molecule has 0 radical (unpaired) electrons. The molecule has 104 valence electrons. The molecule has 3 rings (SSSR count). The minimum absolute atomic E-state index is 0.120. The van der Waals surface area contributed by atoms with Gasteiger partial charge in [0.05, 0.1) is 12.2 Å². The summed E-state index contributed by atoms with van der Waals surface area (Å²) < 4.78 is 43.6. The van der Waals surface area contributed by atoms with E-state index < -0.39 is 11.7 Å². The normalized spacial score (nSPS) is 30.2. The van der Waals surface area contributed by atoms with E-state index in [1.54, 1.807) is 6.07 Å². The molecule has 2 aliphatic heterocycles. The van der Waals surface area contributed by atoms with E-state index in [9.17, 15) is 13.2 Å². The first-order chi connectivity index (χ1) is 8.97. The number of rotatable bonds is 0. The van der Waals surface area contributed by atoms with Crippen LogP contribution in [0.1, 0.15) is 30.5 Å². The summed E-state index contributed by atoms with van der Waals surface area (Å²) >= 11 is 0. The molecule has 2 heterocycles. The Morgan fingerprint density at radius 3 is 2.84 bits per heavy atom. The van der Waals surface area contributed by atoms with Gasteiger partial charge in [-0.25, -0.2) is 0 Å². The molecule has 2 aliphatic rings. The van der Waals surface area contributed by atoms with Gasteiger partial charge < -0.3 is 10.1 Å². The molecule has 0 amide bonds. The van der Waals surface area contributed by atoms with Crippen molar-refractivity contribution in [3.8, 4) is 5.75 Å². The Morgan fingerprint density at radius 1 is 1.32 bits per heavy atom. The second-order valence-corrected chi connectivity index (χ2v) is 5.42. The zero-order valence-corrected chi connectivity index (χ0v) is 10.6. The fourth-order valence-corrected chi connectivity index (χ4v) is 3.04. The van der Waals surface area contributed by atoms with Crippen molar-refractivity contribution >= 4 is 0 Å².